The summed E-state index contributed by atoms with van der Waals surface area (Å²) in [5.74, 6) is 1.28. The molecule has 1 fully saturated rings. The molecule has 0 bridgehead atoms. The van der Waals surface area contributed by atoms with Crippen molar-refractivity contribution in [3.05, 3.63) is 0 Å². The van der Waals surface area contributed by atoms with E-state index in [1.54, 1.807) is 0 Å². The van der Waals surface area contributed by atoms with E-state index in [4.69, 9.17) is 0 Å². The molecule has 1 aliphatic rings. The van der Waals surface area contributed by atoms with Gasteiger partial charge in [0.15, 0.2) is 0 Å². The Hall–Kier alpha value is 0.310. The lowest BCUT2D eigenvalue weighted by Crippen LogP contribution is -2.32. The first-order valence-corrected chi connectivity index (χ1v) is 4.14. The average molecular weight is 131 g/mol. The summed E-state index contributed by atoms with van der Waals surface area (Å²) in [4.78, 5) is 0.403. The molecular formula is C6H13NS. The smallest absolute Gasteiger partial charge is 0.0614 e. The van der Waals surface area contributed by atoms with E-state index in [1.165, 1.54) is 18.7 Å². The molecule has 1 aliphatic heterocycles. The molecule has 2 heteroatoms. The molecule has 1 N–H and O–H groups in total. The van der Waals surface area contributed by atoms with Gasteiger partial charge in [-0.25, -0.2) is 0 Å². The van der Waals surface area contributed by atoms with Gasteiger partial charge in [-0.15, -0.1) is 11.8 Å². The van der Waals surface area contributed by atoms with Gasteiger partial charge in [-0.2, -0.15) is 0 Å². The minimum atomic E-state index is 0.403. The third-order valence-electron chi connectivity index (χ3n) is 1.70. The van der Waals surface area contributed by atoms with Crippen LogP contribution >= 0.6 is 11.8 Å². The van der Waals surface area contributed by atoms with E-state index in [0.29, 0.717) is 4.87 Å². The molecule has 0 aromatic rings. The van der Waals surface area contributed by atoms with Crippen LogP contribution in [-0.4, -0.2) is 17.2 Å². The Bertz CT molecular complexity index is 76.6. The van der Waals surface area contributed by atoms with Gasteiger partial charge >= 0.3 is 0 Å². The van der Waals surface area contributed by atoms with Gasteiger partial charge in [0.1, 0.15) is 0 Å². The summed E-state index contributed by atoms with van der Waals surface area (Å²) < 4.78 is 0. The lowest BCUT2D eigenvalue weighted by atomic mass is 10.2. The highest BCUT2D eigenvalue weighted by Crippen LogP contribution is 2.28. The zero-order chi connectivity index (χ0) is 6.04. The summed E-state index contributed by atoms with van der Waals surface area (Å²) in [6, 6.07) is 0. The van der Waals surface area contributed by atoms with Crippen molar-refractivity contribution in [3.8, 4) is 0 Å². The summed E-state index contributed by atoms with van der Waals surface area (Å²) in [6.45, 7) is 5.69. The summed E-state index contributed by atoms with van der Waals surface area (Å²) in [7, 11) is 0. The van der Waals surface area contributed by atoms with Gasteiger partial charge in [0, 0.05) is 12.3 Å². The number of hydrogen-bond acceptors (Lipinski definition) is 2. The zero-order valence-electron chi connectivity index (χ0n) is 5.53. The van der Waals surface area contributed by atoms with E-state index in [1.807, 2.05) is 11.8 Å². The quantitative estimate of drug-likeness (QED) is 0.578. The molecule has 0 saturated carbocycles. The van der Waals surface area contributed by atoms with Crippen LogP contribution in [0.25, 0.3) is 0 Å². The fourth-order valence-electron chi connectivity index (χ4n) is 0.870. The van der Waals surface area contributed by atoms with Crippen LogP contribution in [0.1, 0.15) is 20.3 Å². The minimum absolute atomic E-state index is 0.403. The second-order valence-electron chi connectivity index (χ2n) is 2.36. The number of thioether (sulfide) groups is 1. The van der Waals surface area contributed by atoms with Gasteiger partial charge in [-0.3, -0.25) is 0 Å². The zero-order valence-corrected chi connectivity index (χ0v) is 6.35. The SMILES string of the molecule is CC[C@]1(C)NCCS1. The van der Waals surface area contributed by atoms with E-state index < -0.39 is 0 Å². The molecule has 8 heavy (non-hydrogen) atoms. The second-order valence-corrected chi connectivity index (χ2v) is 3.96. The third kappa shape index (κ3) is 1.17. The van der Waals surface area contributed by atoms with Crippen molar-refractivity contribution >= 4 is 11.8 Å². The van der Waals surface area contributed by atoms with Gasteiger partial charge in [0.25, 0.3) is 0 Å². The van der Waals surface area contributed by atoms with Crippen molar-refractivity contribution in [2.24, 2.45) is 0 Å². The summed E-state index contributed by atoms with van der Waals surface area (Å²) in [5.41, 5.74) is 0. The molecule has 0 amide bonds. The van der Waals surface area contributed by atoms with E-state index in [-0.39, 0.29) is 0 Å². The first kappa shape index (κ1) is 6.43. The molecule has 1 rings (SSSR count). The van der Waals surface area contributed by atoms with Crippen LogP contribution in [0.2, 0.25) is 0 Å². The first-order valence-electron chi connectivity index (χ1n) is 3.16. The van der Waals surface area contributed by atoms with Crippen molar-refractivity contribution in [1.82, 2.24) is 5.32 Å². The predicted octanol–water partition coefficient (Wildman–Crippen LogP) is 1.45. The van der Waals surface area contributed by atoms with Gasteiger partial charge in [-0.05, 0) is 13.3 Å². The molecule has 0 aromatic heterocycles. The molecule has 0 unspecified atom stereocenters. The Morgan fingerprint density at radius 2 is 2.50 bits per heavy atom. The fraction of sp³-hybridized carbons (Fsp3) is 1.00. The fourth-order valence-corrected chi connectivity index (χ4v) is 1.93. The minimum Gasteiger partial charge on any atom is -0.302 e. The molecule has 48 valence electrons. The molecule has 0 aromatic carbocycles. The molecule has 1 nitrogen and oxygen atoms in total. The molecule has 0 aliphatic carbocycles. The largest absolute Gasteiger partial charge is 0.302 e. The van der Waals surface area contributed by atoms with Crippen molar-refractivity contribution in [1.29, 1.82) is 0 Å². The lowest BCUT2D eigenvalue weighted by Gasteiger charge is -2.20. The van der Waals surface area contributed by atoms with Gasteiger partial charge in [-0.1, -0.05) is 6.92 Å². The Balaban J connectivity index is 2.40. The van der Waals surface area contributed by atoms with Gasteiger partial charge in [0.05, 0.1) is 4.87 Å². The normalized spacial score (nSPS) is 38.2. The lowest BCUT2D eigenvalue weighted by molar-refractivity contribution is 0.529. The van der Waals surface area contributed by atoms with Crippen LogP contribution in [0.4, 0.5) is 0 Å². The molecule has 0 spiro atoms. The van der Waals surface area contributed by atoms with Crippen LogP contribution in [0.3, 0.4) is 0 Å². The predicted molar refractivity (Wildman–Crippen MR) is 39.2 cm³/mol. The maximum absolute atomic E-state index is 3.45. The topological polar surface area (TPSA) is 12.0 Å². The average Bonchev–Trinajstić information content (AvgIpc) is 2.17. The van der Waals surface area contributed by atoms with Crippen LogP contribution in [0.15, 0.2) is 0 Å². The maximum Gasteiger partial charge on any atom is 0.0614 e. The van der Waals surface area contributed by atoms with Crippen molar-refractivity contribution < 1.29 is 0 Å². The van der Waals surface area contributed by atoms with Crippen LogP contribution < -0.4 is 5.32 Å². The van der Waals surface area contributed by atoms with Gasteiger partial charge < -0.3 is 5.32 Å². The Morgan fingerprint density at radius 3 is 2.75 bits per heavy atom. The Labute approximate surface area is 55.2 Å². The molecular weight excluding hydrogens is 118 g/mol. The summed E-state index contributed by atoms with van der Waals surface area (Å²) in [6.07, 6.45) is 1.23. The monoisotopic (exact) mass is 131 g/mol. The molecule has 1 heterocycles. The summed E-state index contributed by atoms with van der Waals surface area (Å²) >= 11 is 2.03. The number of rotatable bonds is 1. The van der Waals surface area contributed by atoms with E-state index in [2.05, 4.69) is 19.2 Å². The highest BCUT2D eigenvalue weighted by molar-refractivity contribution is 8.00. The van der Waals surface area contributed by atoms with Crippen LogP contribution in [-0.2, 0) is 0 Å². The first-order chi connectivity index (χ1) is 3.77. The van der Waals surface area contributed by atoms with Crippen molar-refractivity contribution in [3.63, 3.8) is 0 Å². The highest BCUT2D eigenvalue weighted by atomic mass is 32.2. The van der Waals surface area contributed by atoms with E-state index in [9.17, 15) is 0 Å². The van der Waals surface area contributed by atoms with E-state index in [0.717, 1.165) is 0 Å². The number of hydrogen-bond donors (Lipinski definition) is 1. The molecule has 1 saturated heterocycles. The maximum atomic E-state index is 3.45. The van der Waals surface area contributed by atoms with Crippen LogP contribution in [0.5, 0.6) is 0 Å². The Morgan fingerprint density at radius 1 is 1.75 bits per heavy atom. The molecule has 1 atom stereocenters. The van der Waals surface area contributed by atoms with E-state index >= 15 is 0 Å². The standard InChI is InChI=1S/C6H13NS/c1-3-6(2)7-4-5-8-6/h7H,3-5H2,1-2H3/t6-/m1/s1. The highest BCUT2D eigenvalue weighted by Gasteiger charge is 2.25. The van der Waals surface area contributed by atoms with Crippen LogP contribution in [0, 0.1) is 0 Å². The number of nitrogens with one attached hydrogen (secondary N) is 1. The van der Waals surface area contributed by atoms with Crippen molar-refractivity contribution in [2.75, 3.05) is 12.3 Å². The second kappa shape index (κ2) is 2.28. The molecule has 0 radical (unpaired) electrons. The third-order valence-corrected chi connectivity index (χ3v) is 3.17. The summed E-state index contributed by atoms with van der Waals surface area (Å²) in [5, 5.41) is 3.45. The van der Waals surface area contributed by atoms with Crippen molar-refractivity contribution in [2.45, 2.75) is 25.1 Å². The Kier molecular flexibility index (Phi) is 1.83. The van der Waals surface area contributed by atoms with Gasteiger partial charge in [0.2, 0.25) is 0 Å².